The van der Waals surface area contributed by atoms with E-state index in [0.29, 0.717) is 29.6 Å². The number of nitrogens with zero attached hydrogens (tertiary/aromatic N) is 1. The highest BCUT2D eigenvalue weighted by atomic mass is 16.5. The van der Waals surface area contributed by atoms with Gasteiger partial charge in [0.1, 0.15) is 22.7 Å². The van der Waals surface area contributed by atoms with Gasteiger partial charge >= 0.3 is 0 Å². The third-order valence-corrected chi connectivity index (χ3v) is 4.96. The molecule has 1 N–H and O–H groups in total. The number of aliphatic hydroxyl groups excluding tert-OH is 1. The number of ether oxygens (including phenoxy) is 2. The van der Waals surface area contributed by atoms with E-state index in [2.05, 4.69) is 4.98 Å². The first-order valence-corrected chi connectivity index (χ1v) is 9.50. The van der Waals surface area contributed by atoms with Gasteiger partial charge in [0.15, 0.2) is 12.1 Å². The maximum atomic E-state index is 13.1. The molecule has 2 heterocycles. The monoisotopic (exact) mass is 395 g/mol. The zero-order valence-electron chi connectivity index (χ0n) is 17.3. The van der Waals surface area contributed by atoms with Crippen LogP contribution in [0.1, 0.15) is 56.1 Å². The van der Waals surface area contributed by atoms with Gasteiger partial charge in [-0.1, -0.05) is 13.0 Å². The molecule has 29 heavy (non-hydrogen) atoms. The van der Waals surface area contributed by atoms with Crippen molar-refractivity contribution in [3.63, 3.8) is 0 Å². The highest BCUT2D eigenvalue weighted by Gasteiger charge is 2.47. The Morgan fingerprint density at radius 1 is 1.17 bits per heavy atom. The number of ketones is 1. The number of hydrogen-bond donors (Lipinski definition) is 1. The van der Waals surface area contributed by atoms with E-state index in [9.17, 15) is 14.7 Å². The molecular formula is C23H25NO5. The fourth-order valence-corrected chi connectivity index (χ4v) is 3.54. The lowest BCUT2D eigenvalue weighted by Crippen LogP contribution is -2.49. The van der Waals surface area contributed by atoms with Crippen LogP contribution in [0.15, 0.2) is 42.3 Å². The van der Waals surface area contributed by atoms with Crippen LogP contribution in [0.5, 0.6) is 11.6 Å². The number of pyridine rings is 1. The molecule has 6 nitrogen and oxygen atoms in total. The van der Waals surface area contributed by atoms with E-state index in [0.717, 1.165) is 5.56 Å². The summed E-state index contributed by atoms with van der Waals surface area (Å²) in [5.41, 5.74) is -0.0815. The maximum Gasteiger partial charge on any atom is 0.229 e. The molecule has 0 saturated carbocycles. The average molecular weight is 395 g/mol. The van der Waals surface area contributed by atoms with Gasteiger partial charge in [0.25, 0.3) is 0 Å². The summed E-state index contributed by atoms with van der Waals surface area (Å²) in [7, 11) is 0. The van der Waals surface area contributed by atoms with Crippen molar-refractivity contribution in [2.75, 3.05) is 0 Å². The maximum absolute atomic E-state index is 13.1. The molecule has 1 aliphatic rings. The van der Waals surface area contributed by atoms with E-state index in [4.69, 9.17) is 9.47 Å². The van der Waals surface area contributed by atoms with Crippen molar-refractivity contribution in [2.24, 2.45) is 0 Å². The standard InChI is InChI=1S/C23H25NO5/c1-6-14-9-10-16(28-21-15(13-25)8-7-11-24-21)12-17(14)18-19(26)22(2,3)29-23(4,5)20(18)27/h7-13,26H,6H2,1-5H3. The Morgan fingerprint density at radius 2 is 1.90 bits per heavy atom. The highest BCUT2D eigenvalue weighted by molar-refractivity contribution is 6.26. The van der Waals surface area contributed by atoms with Crippen LogP contribution in [0.25, 0.3) is 5.57 Å². The molecule has 0 atom stereocenters. The number of aryl methyl sites for hydroxylation is 1. The lowest BCUT2D eigenvalue weighted by Gasteiger charge is -2.40. The van der Waals surface area contributed by atoms with Crippen molar-refractivity contribution in [2.45, 2.75) is 52.2 Å². The summed E-state index contributed by atoms with van der Waals surface area (Å²) in [5.74, 6) is 0.178. The van der Waals surface area contributed by atoms with Gasteiger partial charge in [-0.15, -0.1) is 0 Å². The molecule has 1 aliphatic heterocycles. The number of aldehydes is 1. The van der Waals surface area contributed by atoms with Crippen LogP contribution in [0.3, 0.4) is 0 Å². The topological polar surface area (TPSA) is 85.7 Å². The first-order valence-electron chi connectivity index (χ1n) is 9.50. The van der Waals surface area contributed by atoms with Gasteiger partial charge in [0, 0.05) is 6.20 Å². The van der Waals surface area contributed by atoms with Crippen molar-refractivity contribution in [1.82, 2.24) is 4.98 Å². The van der Waals surface area contributed by atoms with Gasteiger partial charge in [-0.25, -0.2) is 4.98 Å². The average Bonchev–Trinajstić information content (AvgIpc) is 2.67. The number of benzene rings is 1. The SMILES string of the molecule is CCc1ccc(Oc2ncccc2C=O)cc1C1=C(O)C(C)(C)OC(C)(C)C1=O. The molecule has 0 amide bonds. The fraction of sp³-hybridized carbons (Fsp3) is 0.348. The molecule has 0 bridgehead atoms. The predicted octanol–water partition coefficient (Wildman–Crippen LogP) is 4.67. The second kappa shape index (κ2) is 7.44. The zero-order valence-corrected chi connectivity index (χ0v) is 17.3. The third-order valence-electron chi connectivity index (χ3n) is 4.96. The van der Waals surface area contributed by atoms with Gasteiger partial charge in [-0.05, 0) is 69.5 Å². The Kier molecular flexibility index (Phi) is 5.32. The van der Waals surface area contributed by atoms with Gasteiger partial charge < -0.3 is 14.6 Å². The number of aliphatic hydroxyl groups is 1. The molecule has 0 fully saturated rings. The first-order chi connectivity index (χ1) is 13.6. The molecule has 152 valence electrons. The smallest absolute Gasteiger partial charge is 0.229 e. The van der Waals surface area contributed by atoms with Crippen LogP contribution in [-0.2, 0) is 16.0 Å². The Hall–Kier alpha value is -2.99. The van der Waals surface area contributed by atoms with E-state index in [1.807, 2.05) is 13.0 Å². The molecule has 1 aromatic heterocycles. The summed E-state index contributed by atoms with van der Waals surface area (Å²) in [6, 6.07) is 8.55. The predicted molar refractivity (Wildman–Crippen MR) is 109 cm³/mol. The molecule has 1 aromatic carbocycles. The lowest BCUT2D eigenvalue weighted by molar-refractivity contribution is -0.158. The summed E-state index contributed by atoms with van der Waals surface area (Å²) < 4.78 is 11.6. The van der Waals surface area contributed by atoms with Crippen molar-refractivity contribution >= 4 is 17.6 Å². The second-order valence-corrected chi connectivity index (χ2v) is 7.97. The van der Waals surface area contributed by atoms with Crippen molar-refractivity contribution in [3.8, 4) is 11.6 Å². The number of rotatable bonds is 5. The molecule has 3 rings (SSSR count). The molecule has 6 heteroatoms. The van der Waals surface area contributed by atoms with Gasteiger partial charge in [-0.3, -0.25) is 9.59 Å². The number of hydrogen-bond acceptors (Lipinski definition) is 6. The van der Waals surface area contributed by atoms with Crippen LogP contribution in [0.2, 0.25) is 0 Å². The highest BCUT2D eigenvalue weighted by Crippen LogP contribution is 2.41. The second-order valence-electron chi connectivity index (χ2n) is 7.97. The lowest BCUT2D eigenvalue weighted by atomic mass is 9.81. The van der Waals surface area contributed by atoms with Gasteiger partial charge in [-0.2, -0.15) is 0 Å². The zero-order chi connectivity index (χ0) is 21.4. The number of carbonyl (C=O) groups is 2. The van der Waals surface area contributed by atoms with E-state index in [1.165, 1.54) is 6.20 Å². The van der Waals surface area contributed by atoms with Crippen LogP contribution < -0.4 is 4.74 Å². The van der Waals surface area contributed by atoms with Crippen LogP contribution in [-0.4, -0.2) is 33.4 Å². The van der Waals surface area contributed by atoms with E-state index >= 15 is 0 Å². The molecule has 0 saturated heterocycles. The Balaban J connectivity index is 2.15. The van der Waals surface area contributed by atoms with Gasteiger partial charge in [0.05, 0.1) is 11.1 Å². The van der Waals surface area contributed by atoms with E-state index in [1.54, 1.807) is 52.0 Å². The molecule has 2 aromatic rings. The van der Waals surface area contributed by atoms with E-state index in [-0.39, 0.29) is 23.0 Å². The summed E-state index contributed by atoms with van der Waals surface area (Å²) in [6.07, 6.45) is 2.86. The van der Waals surface area contributed by atoms with Crippen LogP contribution in [0, 0.1) is 0 Å². The minimum Gasteiger partial charge on any atom is -0.508 e. The molecular weight excluding hydrogens is 370 g/mol. The normalized spacial score (nSPS) is 17.9. The first kappa shape index (κ1) is 20.7. The minimum absolute atomic E-state index is 0.111. The fourth-order valence-electron chi connectivity index (χ4n) is 3.54. The Morgan fingerprint density at radius 3 is 2.55 bits per heavy atom. The third kappa shape index (κ3) is 3.80. The summed E-state index contributed by atoms with van der Waals surface area (Å²) in [4.78, 5) is 28.5. The molecule has 0 unspecified atom stereocenters. The van der Waals surface area contributed by atoms with Gasteiger partial charge in [0.2, 0.25) is 5.88 Å². The number of aromatic nitrogens is 1. The number of Topliss-reactive ketones (excluding diaryl/α,β-unsaturated/α-hetero) is 1. The largest absolute Gasteiger partial charge is 0.508 e. The summed E-state index contributed by atoms with van der Waals surface area (Å²) >= 11 is 0. The molecule has 0 spiro atoms. The summed E-state index contributed by atoms with van der Waals surface area (Å²) in [6.45, 7) is 8.82. The molecule has 0 radical (unpaired) electrons. The van der Waals surface area contributed by atoms with Crippen molar-refractivity contribution in [3.05, 3.63) is 59.0 Å². The summed E-state index contributed by atoms with van der Waals surface area (Å²) in [5, 5.41) is 10.9. The van der Waals surface area contributed by atoms with Crippen molar-refractivity contribution < 1.29 is 24.2 Å². The Labute approximate surface area is 170 Å². The van der Waals surface area contributed by atoms with Crippen molar-refractivity contribution in [1.29, 1.82) is 0 Å². The number of carbonyl (C=O) groups excluding carboxylic acids is 2. The Bertz CT molecular complexity index is 1000. The van der Waals surface area contributed by atoms with Crippen LogP contribution >= 0.6 is 0 Å². The molecule has 0 aliphatic carbocycles. The van der Waals surface area contributed by atoms with Crippen LogP contribution in [0.4, 0.5) is 0 Å². The quantitative estimate of drug-likeness (QED) is 0.740. The minimum atomic E-state index is -1.08. The van der Waals surface area contributed by atoms with E-state index < -0.39 is 11.2 Å².